The lowest BCUT2D eigenvalue weighted by atomic mass is 10.1. The Hall–Kier alpha value is -2.90. The summed E-state index contributed by atoms with van der Waals surface area (Å²) in [5.74, 6) is 1.46. The van der Waals surface area contributed by atoms with Gasteiger partial charge in [-0.3, -0.25) is 4.79 Å². The lowest BCUT2D eigenvalue weighted by molar-refractivity contribution is 0.0726. The summed E-state index contributed by atoms with van der Waals surface area (Å²) in [6.07, 6.45) is 2.33. The first-order valence-electron chi connectivity index (χ1n) is 7.68. The molecule has 0 spiro atoms. The van der Waals surface area contributed by atoms with Crippen LogP contribution >= 0.6 is 0 Å². The zero-order valence-corrected chi connectivity index (χ0v) is 13.8. The summed E-state index contributed by atoms with van der Waals surface area (Å²) in [5.41, 5.74) is 1.05. The van der Waals surface area contributed by atoms with Gasteiger partial charge in [0.15, 0.2) is 5.76 Å². The Kier molecular flexibility index (Phi) is 4.45. The third-order valence-electron chi connectivity index (χ3n) is 3.55. The van der Waals surface area contributed by atoms with Crippen LogP contribution in [0, 0.1) is 13.8 Å². The van der Waals surface area contributed by atoms with Crippen molar-refractivity contribution in [2.24, 2.45) is 0 Å². The third-order valence-corrected chi connectivity index (χ3v) is 3.55. The zero-order valence-electron chi connectivity index (χ0n) is 13.8. The Labute approximate surface area is 138 Å². The highest BCUT2D eigenvalue weighted by Gasteiger charge is 2.25. The van der Waals surface area contributed by atoms with Gasteiger partial charge in [-0.05, 0) is 32.4 Å². The van der Waals surface area contributed by atoms with Crippen LogP contribution in [0.25, 0.3) is 11.7 Å². The number of carbonyl (C=O) groups is 1. The van der Waals surface area contributed by atoms with Crippen molar-refractivity contribution in [2.45, 2.75) is 33.7 Å². The number of aromatic nitrogens is 3. The normalized spacial score (nSPS) is 11.0. The number of amides is 1. The van der Waals surface area contributed by atoms with E-state index in [1.54, 1.807) is 30.9 Å². The van der Waals surface area contributed by atoms with Crippen molar-refractivity contribution in [3.63, 3.8) is 0 Å². The van der Waals surface area contributed by atoms with Crippen molar-refractivity contribution in [1.29, 1.82) is 0 Å². The lowest BCUT2D eigenvalue weighted by Crippen LogP contribution is -2.32. The minimum Gasteiger partial charge on any atom is -0.459 e. The minimum atomic E-state index is -0.161. The summed E-state index contributed by atoms with van der Waals surface area (Å²) < 4.78 is 15.9. The van der Waals surface area contributed by atoms with Crippen LogP contribution in [-0.4, -0.2) is 32.7 Å². The van der Waals surface area contributed by atoms with Crippen molar-refractivity contribution in [3.05, 3.63) is 41.3 Å². The standard InChI is InChI=1S/C16H18N4O4/c1-4-7-20(16(21)14-10(2)19-24-11(14)3)9-13-17-18-15(23-13)12-6-5-8-22-12/h5-6,8H,4,7,9H2,1-3H3. The predicted molar refractivity (Wildman–Crippen MR) is 83.0 cm³/mol. The molecule has 0 aromatic carbocycles. The fourth-order valence-electron chi connectivity index (χ4n) is 2.45. The van der Waals surface area contributed by atoms with Crippen molar-refractivity contribution in [1.82, 2.24) is 20.3 Å². The smallest absolute Gasteiger partial charge is 0.283 e. The number of hydrogen-bond acceptors (Lipinski definition) is 7. The van der Waals surface area contributed by atoms with Gasteiger partial charge in [0.2, 0.25) is 5.89 Å². The van der Waals surface area contributed by atoms with Crippen molar-refractivity contribution >= 4 is 5.91 Å². The van der Waals surface area contributed by atoms with Gasteiger partial charge >= 0.3 is 0 Å². The second-order valence-corrected chi connectivity index (χ2v) is 5.40. The van der Waals surface area contributed by atoms with E-state index in [1.165, 1.54) is 6.26 Å². The highest BCUT2D eigenvalue weighted by molar-refractivity contribution is 5.96. The fraction of sp³-hybridized carbons (Fsp3) is 0.375. The molecule has 0 bridgehead atoms. The first kappa shape index (κ1) is 16.0. The van der Waals surface area contributed by atoms with Crippen LogP contribution in [0.15, 0.2) is 31.8 Å². The highest BCUT2D eigenvalue weighted by Crippen LogP contribution is 2.20. The van der Waals surface area contributed by atoms with Crippen LogP contribution < -0.4 is 0 Å². The molecule has 0 atom stereocenters. The molecule has 0 radical (unpaired) electrons. The number of hydrogen-bond donors (Lipinski definition) is 0. The van der Waals surface area contributed by atoms with Gasteiger partial charge in [0.25, 0.3) is 11.8 Å². The van der Waals surface area contributed by atoms with Gasteiger partial charge in [0.05, 0.1) is 18.5 Å². The average Bonchev–Trinajstić information content (AvgIpc) is 3.28. The summed E-state index contributed by atoms with van der Waals surface area (Å²) in [6, 6.07) is 3.47. The van der Waals surface area contributed by atoms with Gasteiger partial charge in [-0.1, -0.05) is 12.1 Å². The Bertz CT molecular complexity index is 800. The molecule has 1 amide bonds. The Morgan fingerprint density at radius 2 is 2.12 bits per heavy atom. The lowest BCUT2D eigenvalue weighted by Gasteiger charge is -2.20. The molecular weight excluding hydrogens is 312 g/mol. The van der Waals surface area contributed by atoms with E-state index in [9.17, 15) is 4.79 Å². The molecule has 8 nitrogen and oxygen atoms in total. The van der Waals surface area contributed by atoms with Crippen LogP contribution in [-0.2, 0) is 6.54 Å². The van der Waals surface area contributed by atoms with Crippen LogP contribution in [0.5, 0.6) is 0 Å². The molecule has 3 aromatic heterocycles. The molecule has 0 N–H and O–H groups in total. The molecule has 0 saturated carbocycles. The largest absolute Gasteiger partial charge is 0.459 e. The van der Waals surface area contributed by atoms with Gasteiger partial charge < -0.3 is 18.3 Å². The monoisotopic (exact) mass is 330 g/mol. The van der Waals surface area contributed by atoms with Gasteiger partial charge in [-0.2, -0.15) is 0 Å². The quantitative estimate of drug-likeness (QED) is 0.685. The molecule has 3 aromatic rings. The number of nitrogens with zero attached hydrogens (tertiary/aromatic N) is 4. The molecule has 0 aliphatic carbocycles. The van der Waals surface area contributed by atoms with Crippen LogP contribution in [0.4, 0.5) is 0 Å². The Balaban J connectivity index is 1.80. The molecule has 0 fully saturated rings. The summed E-state index contributed by atoms with van der Waals surface area (Å²) in [5, 5.41) is 11.8. The van der Waals surface area contributed by atoms with E-state index in [1.807, 2.05) is 6.92 Å². The van der Waals surface area contributed by atoms with Gasteiger partial charge in [0.1, 0.15) is 11.3 Å². The van der Waals surface area contributed by atoms with Crippen molar-refractivity contribution < 1.29 is 18.2 Å². The number of aryl methyl sites for hydroxylation is 2. The summed E-state index contributed by atoms with van der Waals surface area (Å²) in [6.45, 7) is 6.23. The molecular formula is C16H18N4O4. The molecule has 0 aliphatic rings. The molecule has 0 saturated heterocycles. The highest BCUT2D eigenvalue weighted by atomic mass is 16.5. The third kappa shape index (κ3) is 3.08. The van der Waals surface area contributed by atoms with Crippen LogP contribution in [0.3, 0.4) is 0 Å². The predicted octanol–water partition coefficient (Wildman–Crippen LogP) is 2.99. The number of carbonyl (C=O) groups excluding carboxylic acids is 1. The summed E-state index contributed by atoms with van der Waals surface area (Å²) >= 11 is 0. The maximum Gasteiger partial charge on any atom is 0.283 e. The fourth-order valence-corrected chi connectivity index (χ4v) is 2.45. The molecule has 0 aliphatic heterocycles. The van der Waals surface area contributed by atoms with Gasteiger partial charge in [-0.15, -0.1) is 10.2 Å². The molecule has 0 unspecified atom stereocenters. The molecule has 8 heteroatoms. The van der Waals surface area contributed by atoms with Gasteiger partial charge in [0, 0.05) is 6.54 Å². The Morgan fingerprint density at radius 1 is 1.29 bits per heavy atom. The second kappa shape index (κ2) is 6.69. The second-order valence-electron chi connectivity index (χ2n) is 5.40. The van der Waals surface area contributed by atoms with Crippen LogP contribution in [0.2, 0.25) is 0 Å². The minimum absolute atomic E-state index is 0.161. The van der Waals surface area contributed by atoms with E-state index in [0.717, 1.165) is 6.42 Å². The van der Waals surface area contributed by atoms with Crippen molar-refractivity contribution in [3.8, 4) is 11.7 Å². The van der Waals surface area contributed by atoms with E-state index in [4.69, 9.17) is 13.4 Å². The van der Waals surface area contributed by atoms with E-state index in [-0.39, 0.29) is 18.3 Å². The topological polar surface area (TPSA) is 98.4 Å². The number of rotatable bonds is 6. The molecule has 3 rings (SSSR count). The maximum atomic E-state index is 12.8. The van der Waals surface area contributed by atoms with Crippen LogP contribution in [0.1, 0.15) is 41.0 Å². The summed E-state index contributed by atoms with van der Waals surface area (Å²) in [4.78, 5) is 14.4. The van der Waals surface area contributed by atoms with E-state index < -0.39 is 0 Å². The van der Waals surface area contributed by atoms with Crippen molar-refractivity contribution in [2.75, 3.05) is 6.54 Å². The van der Waals surface area contributed by atoms with E-state index >= 15 is 0 Å². The molecule has 24 heavy (non-hydrogen) atoms. The zero-order chi connectivity index (χ0) is 17.1. The molecule has 126 valence electrons. The summed E-state index contributed by atoms with van der Waals surface area (Å²) in [7, 11) is 0. The SMILES string of the molecule is CCCN(Cc1nnc(-c2ccco2)o1)C(=O)c1c(C)noc1C. The maximum absolute atomic E-state index is 12.8. The first-order valence-corrected chi connectivity index (χ1v) is 7.68. The first-order chi connectivity index (χ1) is 11.6. The molecule has 3 heterocycles. The van der Waals surface area contributed by atoms with Gasteiger partial charge in [-0.25, -0.2) is 0 Å². The average molecular weight is 330 g/mol. The number of furan rings is 1. The Morgan fingerprint density at radius 3 is 2.75 bits per heavy atom. The van der Waals surface area contributed by atoms with E-state index in [2.05, 4.69) is 15.4 Å². The van der Waals surface area contributed by atoms with E-state index in [0.29, 0.717) is 35.2 Å².